The van der Waals surface area contributed by atoms with Gasteiger partial charge in [0.15, 0.2) is 0 Å². The smallest absolute Gasteiger partial charge is 0.271 e. The number of non-ortho nitro benzene ring substituents is 1. The van der Waals surface area contributed by atoms with Crippen LogP contribution in [0.3, 0.4) is 0 Å². The third-order valence-corrected chi connectivity index (χ3v) is 4.33. The van der Waals surface area contributed by atoms with Crippen LogP contribution in [0.4, 0.5) is 11.4 Å². The number of piperidine rings is 1. The molecule has 7 nitrogen and oxygen atoms in total. The number of aliphatic hydroxyl groups is 1. The van der Waals surface area contributed by atoms with Crippen molar-refractivity contribution in [3.63, 3.8) is 0 Å². The summed E-state index contributed by atoms with van der Waals surface area (Å²) in [6.07, 6.45) is 2.27. The van der Waals surface area contributed by atoms with Gasteiger partial charge in [-0.05, 0) is 44.3 Å². The lowest BCUT2D eigenvalue weighted by Crippen LogP contribution is -2.36. The Morgan fingerprint density at radius 1 is 1.43 bits per heavy atom. The molecule has 126 valence electrons. The number of nitro groups is 1. The monoisotopic (exact) mass is 321 g/mol. The van der Waals surface area contributed by atoms with Crippen LogP contribution in [0.1, 0.15) is 24.8 Å². The summed E-state index contributed by atoms with van der Waals surface area (Å²) in [4.78, 5) is 24.6. The van der Waals surface area contributed by atoms with E-state index in [9.17, 15) is 14.9 Å². The fourth-order valence-electron chi connectivity index (χ4n) is 2.72. The van der Waals surface area contributed by atoms with Crippen molar-refractivity contribution in [1.82, 2.24) is 4.90 Å². The van der Waals surface area contributed by atoms with Crippen molar-refractivity contribution in [3.05, 3.63) is 33.9 Å². The highest BCUT2D eigenvalue weighted by molar-refractivity contribution is 5.92. The van der Waals surface area contributed by atoms with Gasteiger partial charge in [-0.1, -0.05) is 6.07 Å². The van der Waals surface area contributed by atoms with E-state index in [4.69, 9.17) is 5.11 Å². The number of aliphatic hydroxyl groups excluding tert-OH is 1. The van der Waals surface area contributed by atoms with Crippen LogP contribution in [-0.4, -0.2) is 47.1 Å². The number of rotatable bonds is 6. The van der Waals surface area contributed by atoms with Crippen molar-refractivity contribution in [2.75, 3.05) is 31.6 Å². The topological polar surface area (TPSA) is 95.7 Å². The highest BCUT2D eigenvalue weighted by Gasteiger charge is 2.19. The summed E-state index contributed by atoms with van der Waals surface area (Å²) in [6.45, 7) is 4.50. The zero-order chi connectivity index (χ0) is 16.8. The summed E-state index contributed by atoms with van der Waals surface area (Å²) < 4.78 is 0. The Kier molecular flexibility index (Phi) is 6.06. The molecule has 1 heterocycles. The van der Waals surface area contributed by atoms with Gasteiger partial charge in [-0.15, -0.1) is 0 Å². The third kappa shape index (κ3) is 5.01. The van der Waals surface area contributed by atoms with E-state index < -0.39 is 4.92 Å². The molecule has 0 radical (unpaired) electrons. The number of hydrogen-bond acceptors (Lipinski definition) is 5. The molecule has 0 unspecified atom stereocenters. The van der Waals surface area contributed by atoms with Crippen LogP contribution in [0.2, 0.25) is 0 Å². The first-order valence-corrected chi connectivity index (χ1v) is 7.87. The molecule has 1 saturated heterocycles. The minimum absolute atomic E-state index is 0.0306. The molecule has 2 rings (SSSR count). The summed E-state index contributed by atoms with van der Waals surface area (Å²) >= 11 is 0. The predicted molar refractivity (Wildman–Crippen MR) is 87.3 cm³/mol. The van der Waals surface area contributed by atoms with Gasteiger partial charge < -0.3 is 15.3 Å². The molecular weight excluding hydrogens is 298 g/mol. The number of nitro benzene ring substituents is 1. The largest absolute Gasteiger partial charge is 0.396 e. The van der Waals surface area contributed by atoms with Gasteiger partial charge in [0.1, 0.15) is 0 Å². The number of carbonyl (C=O) groups is 1. The highest BCUT2D eigenvalue weighted by Crippen LogP contribution is 2.22. The molecule has 1 fully saturated rings. The molecule has 1 aromatic carbocycles. The van der Waals surface area contributed by atoms with Gasteiger partial charge >= 0.3 is 0 Å². The van der Waals surface area contributed by atoms with E-state index in [0.29, 0.717) is 24.6 Å². The molecule has 1 aromatic rings. The average Bonchev–Trinajstić information content (AvgIpc) is 2.55. The summed E-state index contributed by atoms with van der Waals surface area (Å²) in [5.41, 5.74) is 1.26. The second-order valence-electron chi connectivity index (χ2n) is 6.02. The number of hydrogen-bond donors (Lipinski definition) is 2. The molecule has 0 atom stereocenters. The summed E-state index contributed by atoms with van der Waals surface area (Å²) in [7, 11) is 0. The van der Waals surface area contributed by atoms with E-state index in [1.807, 2.05) is 0 Å². The standard InChI is InChI=1S/C16H23N3O4/c1-12-2-3-14(19(22)23)10-15(12)17-16(21)6-9-18-7-4-13(11-20)5-8-18/h2-3,10,13,20H,4-9,11H2,1H3,(H,17,21). The van der Waals surface area contributed by atoms with Crippen molar-refractivity contribution in [3.8, 4) is 0 Å². The maximum absolute atomic E-state index is 12.1. The molecule has 1 amide bonds. The molecule has 0 bridgehead atoms. The number of nitrogens with one attached hydrogen (secondary N) is 1. The molecule has 7 heteroatoms. The molecule has 1 aliphatic rings. The Hall–Kier alpha value is -1.99. The van der Waals surface area contributed by atoms with Crippen molar-refractivity contribution >= 4 is 17.3 Å². The van der Waals surface area contributed by atoms with Gasteiger partial charge in [0.2, 0.25) is 5.91 Å². The minimum Gasteiger partial charge on any atom is -0.396 e. The Bertz CT molecular complexity index is 568. The number of carbonyl (C=O) groups excluding carboxylic acids is 1. The third-order valence-electron chi connectivity index (χ3n) is 4.33. The van der Waals surface area contributed by atoms with Crippen LogP contribution in [0.15, 0.2) is 18.2 Å². The fraction of sp³-hybridized carbons (Fsp3) is 0.562. The minimum atomic E-state index is -0.472. The Labute approximate surface area is 135 Å². The van der Waals surface area contributed by atoms with Gasteiger partial charge in [0, 0.05) is 31.7 Å². The van der Waals surface area contributed by atoms with E-state index in [1.165, 1.54) is 12.1 Å². The predicted octanol–water partition coefficient (Wildman–Crippen LogP) is 1.94. The Morgan fingerprint density at radius 2 is 2.13 bits per heavy atom. The van der Waals surface area contributed by atoms with Crippen LogP contribution in [0, 0.1) is 23.0 Å². The lowest BCUT2D eigenvalue weighted by molar-refractivity contribution is -0.384. The first-order chi connectivity index (χ1) is 11.0. The fourth-order valence-corrected chi connectivity index (χ4v) is 2.72. The quantitative estimate of drug-likeness (QED) is 0.616. The number of aryl methyl sites for hydroxylation is 1. The maximum Gasteiger partial charge on any atom is 0.271 e. The molecule has 23 heavy (non-hydrogen) atoms. The number of likely N-dealkylation sites (tertiary alicyclic amines) is 1. The van der Waals surface area contributed by atoms with Crippen LogP contribution < -0.4 is 5.32 Å². The molecule has 0 aliphatic carbocycles. The van der Waals surface area contributed by atoms with Gasteiger partial charge in [0.25, 0.3) is 5.69 Å². The Morgan fingerprint density at radius 3 is 2.74 bits per heavy atom. The highest BCUT2D eigenvalue weighted by atomic mass is 16.6. The lowest BCUT2D eigenvalue weighted by atomic mass is 9.98. The number of nitrogens with zero attached hydrogens (tertiary/aromatic N) is 2. The normalized spacial score (nSPS) is 16.3. The van der Waals surface area contributed by atoms with E-state index in [-0.39, 0.29) is 18.2 Å². The van der Waals surface area contributed by atoms with E-state index >= 15 is 0 Å². The van der Waals surface area contributed by atoms with Crippen molar-refractivity contribution in [2.24, 2.45) is 5.92 Å². The van der Waals surface area contributed by atoms with Crippen molar-refractivity contribution in [2.45, 2.75) is 26.2 Å². The van der Waals surface area contributed by atoms with Gasteiger partial charge in [-0.2, -0.15) is 0 Å². The first-order valence-electron chi connectivity index (χ1n) is 7.87. The summed E-state index contributed by atoms with van der Waals surface area (Å²) in [6, 6.07) is 4.45. The van der Waals surface area contributed by atoms with E-state index in [1.54, 1.807) is 13.0 Å². The number of anilines is 1. The van der Waals surface area contributed by atoms with Gasteiger partial charge in [-0.3, -0.25) is 14.9 Å². The van der Waals surface area contributed by atoms with E-state index in [0.717, 1.165) is 31.5 Å². The second-order valence-corrected chi connectivity index (χ2v) is 6.02. The number of benzene rings is 1. The van der Waals surface area contributed by atoms with Crippen LogP contribution in [-0.2, 0) is 4.79 Å². The summed E-state index contributed by atoms with van der Waals surface area (Å²) in [5.74, 6) is 0.241. The van der Waals surface area contributed by atoms with Gasteiger partial charge in [0.05, 0.1) is 10.6 Å². The molecular formula is C16H23N3O4. The molecule has 1 aliphatic heterocycles. The van der Waals surface area contributed by atoms with Gasteiger partial charge in [-0.25, -0.2) is 0 Å². The molecule has 0 saturated carbocycles. The Balaban J connectivity index is 1.83. The average molecular weight is 321 g/mol. The zero-order valence-electron chi connectivity index (χ0n) is 13.3. The second kappa shape index (κ2) is 8.03. The lowest BCUT2D eigenvalue weighted by Gasteiger charge is -2.30. The van der Waals surface area contributed by atoms with Crippen molar-refractivity contribution in [1.29, 1.82) is 0 Å². The zero-order valence-corrected chi connectivity index (χ0v) is 13.3. The van der Waals surface area contributed by atoms with E-state index in [2.05, 4.69) is 10.2 Å². The summed E-state index contributed by atoms with van der Waals surface area (Å²) in [5, 5.41) is 22.7. The first kappa shape index (κ1) is 17.4. The van der Waals surface area contributed by atoms with Crippen molar-refractivity contribution < 1.29 is 14.8 Å². The SMILES string of the molecule is Cc1ccc([N+](=O)[O-])cc1NC(=O)CCN1CCC(CO)CC1. The van der Waals surface area contributed by atoms with Crippen LogP contribution in [0.5, 0.6) is 0 Å². The number of amides is 1. The van der Waals surface area contributed by atoms with Crippen LogP contribution in [0.25, 0.3) is 0 Å². The maximum atomic E-state index is 12.1. The molecule has 0 spiro atoms. The molecule has 2 N–H and O–H groups in total. The molecule has 0 aromatic heterocycles. The van der Waals surface area contributed by atoms with Crippen LogP contribution >= 0.6 is 0 Å².